The van der Waals surface area contributed by atoms with Gasteiger partial charge in [-0.15, -0.1) is 0 Å². The van der Waals surface area contributed by atoms with Gasteiger partial charge in [0.15, 0.2) is 0 Å². The second-order valence-electron chi connectivity index (χ2n) is 3.91. The van der Waals surface area contributed by atoms with Crippen LogP contribution in [0.5, 0.6) is 0 Å². The molecular formula is C10H16O3. The predicted molar refractivity (Wildman–Crippen MR) is 47.3 cm³/mol. The molecule has 2 aliphatic heterocycles. The summed E-state index contributed by atoms with van der Waals surface area (Å²) in [5.41, 5.74) is 0. The number of carbonyl (C=O) groups excluding carboxylic acids is 1. The molecule has 0 bridgehead atoms. The summed E-state index contributed by atoms with van der Waals surface area (Å²) < 4.78 is 10.8. The number of hydrogen-bond donors (Lipinski definition) is 0. The summed E-state index contributed by atoms with van der Waals surface area (Å²) in [7, 11) is 0. The molecule has 0 aromatic carbocycles. The van der Waals surface area contributed by atoms with Gasteiger partial charge in [-0.3, -0.25) is 4.79 Å². The Morgan fingerprint density at radius 2 is 2.31 bits per heavy atom. The third-order valence-corrected chi connectivity index (χ3v) is 2.81. The molecule has 2 heterocycles. The molecule has 0 saturated carbocycles. The number of carbonyl (C=O) groups is 1. The van der Waals surface area contributed by atoms with Crippen LogP contribution >= 0.6 is 0 Å². The molecule has 2 rings (SSSR count). The van der Waals surface area contributed by atoms with Crippen LogP contribution in [0.4, 0.5) is 0 Å². The van der Waals surface area contributed by atoms with Gasteiger partial charge in [-0.2, -0.15) is 0 Å². The minimum absolute atomic E-state index is 0.0642. The normalized spacial score (nSPS) is 37.6. The van der Waals surface area contributed by atoms with Crippen LogP contribution in [0.2, 0.25) is 0 Å². The van der Waals surface area contributed by atoms with Gasteiger partial charge in [-0.1, -0.05) is 19.8 Å². The number of rotatable bonds is 3. The molecule has 0 amide bonds. The monoisotopic (exact) mass is 184 g/mol. The van der Waals surface area contributed by atoms with Gasteiger partial charge in [0.1, 0.15) is 12.2 Å². The largest absolute Gasteiger partial charge is 0.459 e. The Morgan fingerprint density at radius 3 is 3.00 bits per heavy atom. The first-order valence-electron chi connectivity index (χ1n) is 5.14. The Labute approximate surface area is 78.4 Å². The standard InChI is InChI=1S/C10H16O3/c1-2-3-4-7-5-8-9(12-7)6-10(11)13-8/h7-9H,2-6H2,1H3/t7-,8+,9+/m0/s1. The molecule has 0 spiro atoms. The van der Waals surface area contributed by atoms with E-state index in [0.29, 0.717) is 12.5 Å². The van der Waals surface area contributed by atoms with Gasteiger partial charge < -0.3 is 9.47 Å². The van der Waals surface area contributed by atoms with Crippen molar-refractivity contribution in [2.24, 2.45) is 0 Å². The molecule has 0 aromatic rings. The van der Waals surface area contributed by atoms with E-state index in [-0.39, 0.29) is 18.2 Å². The van der Waals surface area contributed by atoms with E-state index in [1.165, 1.54) is 12.8 Å². The van der Waals surface area contributed by atoms with E-state index in [2.05, 4.69) is 6.92 Å². The van der Waals surface area contributed by atoms with E-state index in [4.69, 9.17) is 9.47 Å². The second kappa shape index (κ2) is 3.66. The molecule has 3 nitrogen and oxygen atoms in total. The second-order valence-corrected chi connectivity index (χ2v) is 3.91. The molecule has 0 unspecified atom stereocenters. The van der Waals surface area contributed by atoms with Crippen LogP contribution in [0, 0.1) is 0 Å². The van der Waals surface area contributed by atoms with Crippen molar-refractivity contribution in [1.82, 2.24) is 0 Å². The van der Waals surface area contributed by atoms with Crippen LogP contribution in [0.1, 0.15) is 39.0 Å². The number of unbranched alkanes of at least 4 members (excludes halogenated alkanes) is 1. The molecule has 3 atom stereocenters. The van der Waals surface area contributed by atoms with Gasteiger partial charge >= 0.3 is 5.97 Å². The Bertz CT molecular complexity index is 186. The minimum Gasteiger partial charge on any atom is -0.459 e. The highest BCUT2D eigenvalue weighted by atomic mass is 16.6. The van der Waals surface area contributed by atoms with Crippen LogP contribution < -0.4 is 0 Å². The summed E-state index contributed by atoms with van der Waals surface area (Å²) in [6, 6.07) is 0. The average Bonchev–Trinajstić information content (AvgIpc) is 2.57. The van der Waals surface area contributed by atoms with E-state index in [9.17, 15) is 4.79 Å². The van der Waals surface area contributed by atoms with E-state index in [0.717, 1.165) is 12.8 Å². The number of fused-ring (bicyclic) bond motifs is 1. The minimum atomic E-state index is -0.0936. The zero-order chi connectivity index (χ0) is 9.26. The lowest BCUT2D eigenvalue weighted by Crippen LogP contribution is -2.13. The van der Waals surface area contributed by atoms with Crippen LogP contribution in [0.25, 0.3) is 0 Å². The number of esters is 1. The maximum Gasteiger partial charge on any atom is 0.308 e. The Balaban J connectivity index is 1.80. The fraction of sp³-hybridized carbons (Fsp3) is 0.900. The zero-order valence-electron chi connectivity index (χ0n) is 7.99. The van der Waals surface area contributed by atoms with Gasteiger partial charge in [0.05, 0.1) is 12.5 Å². The fourth-order valence-electron chi connectivity index (χ4n) is 2.10. The first kappa shape index (κ1) is 9.00. The smallest absolute Gasteiger partial charge is 0.308 e. The molecule has 2 aliphatic rings. The highest BCUT2D eigenvalue weighted by Gasteiger charge is 2.43. The van der Waals surface area contributed by atoms with Crippen LogP contribution in [0.3, 0.4) is 0 Å². The summed E-state index contributed by atoms with van der Waals surface area (Å²) in [5.74, 6) is -0.0936. The molecule has 2 fully saturated rings. The Kier molecular flexibility index (Phi) is 2.54. The molecule has 13 heavy (non-hydrogen) atoms. The highest BCUT2D eigenvalue weighted by Crippen LogP contribution is 2.32. The van der Waals surface area contributed by atoms with Crippen molar-refractivity contribution in [3.05, 3.63) is 0 Å². The maximum atomic E-state index is 10.9. The summed E-state index contributed by atoms with van der Waals surface area (Å²) in [5, 5.41) is 0. The molecule has 0 N–H and O–H groups in total. The van der Waals surface area contributed by atoms with Crippen molar-refractivity contribution in [3.8, 4) is 0 Å². The van der Waals surface area contributed by atoms with Crippen molar-refractivity contribution in [1.29, 1.82) is 0 Å². The average molecular weight is 184 g/mol. The quantitative estimate of drug-likeness (QED) is 0.626. The van der Waals surface area contributed by atoms with Crippen LogP contribution in [-0.2, 0) is 14.3 Å². The topological polar surface area (TPSA) is 35.5 Å². The van der Waals surface area contributed by atoms with Crippen molar-refractivity contribution >= 4 is 5.97 Å². The van der Waals surface area contributed by atoms with Gasteiger partial charge in [-0.05, 0) is 6.42 Å². The molecular weight excluding hydrogens is 168 g/mol. The zero-order valence-corrected chi connectivity index (χ0v) is 7.99. The Hall–Kier alpha value is -0.570. The lowest BCUT2D eigenvalue weighted by molar-refractivity contribution is -0.141. The molecule has 0 aliphatic carbocycles. The Morgan fingerprint density at radius 1 is 1.46 bits per heavy atom. The molecule has 74 valence electrons. The van der Waals surface area contributed by atoms with Crippen LogP contribution in [-0.4, -0.2) is 24.3 Å². The fourth-order valence-corrected chi connectivity index (χ4v) is 2.10. The van der Waals surface area contributed by atoms with E-state index < -0.39 is 0 Å². The van der Waals surface area contributed by atoms with Crippen molar-refractivity contribution in [3.63, 3.8) is 0 Å². The first-order chi connectivity index (χ1) is 6.29. The molecule has 0 aromatic heterocycles. The van der Waals surface area contributed by atoms with Gasteiger partial charge in [0, 0.05) is 6.42 Å². The third kappa shape index (κ3) is 1.85. The summed E-state index contributed by atoms with van der Waals surface area (Å²) in [6.07, 6.45) is 5.37. The molecule has 0 radical (unpaired) electrons. The van der Waals surface area contributed by atoms with E-state index in [1.54, 1.807) is 0 Å². The summed E-state index contributed by atoms with van der Waals surface area (Å²) in [6.45, 7) is 2.18. The first-order valence-corrected chi connectivity index (χ1v) is 5.14. The summed E-state index contributed by atoms with van der Waals surface area (Å²) in [4.78, 5) is 10.9. The van der Waals surface area contributed by atoms with Gasteiger partial charge in [0.25, 0.3) is 0 Å². The lowest BCUT2D eigenvalue weighted by atomic mass is 10.1. The van der Waals surface area contributed by atoms with E-state index >= 15 is 0 Å². The lowest BCUT2D eigenvalue weighted by Gasteiger charge is -2.09. The van der Waals surface area contributed by atoms with Crippen LogP contribution in [0.15, 0.2) is 0 Å². The van der Waals surface area contributed by atoms with Gasteiger partial charge in [-0.25, -0.2) is 0 Å². The SMILES string of the molecule is CCCC[C@H]1C[C@H]2OC(=O)C[C@H]2O1. The molecule has 3 heteroatoms. The van der Waals surface area contributed by atoms with Gasteiger partial charge in [0.2, 0.25) is 0 Å². The number of hydrogen-bond acceptors (Lipinski definition) is 3. The predicted octanol–water partition coefficient (Wildman–Crippen LogP) is 1.65. The third-order valence-electron chi connectivity index (χ3n) is 2.81. The highest BCUT2D eigenvalue weighted by molar-refractivity contribution is 5.72. The van der Waals surface area contributed by atoms with E-state index in [1.807, 2.05) is 0 Å². The summed E-state index contributed by atoms with van der Waals surface area (Å²) >= 11 is 0. The van der Waals surface area contributed by atoms with Crippen molar-refractivity contribution in [2.45, 2.75) is 57.3 Å². The number of ether oxygens (including phenoxy) is 2. The van der Waals surface area contributed by atoms with Crippen molar-refractivity contribution < 1.29 is 14.3 Å². The molecule has 2 saturated heterocycles. The van der Waals surface area contributed by atoms with Crippen molar-refractivity contribution in [2.75, 3.05) is 0 Å². The maximum absolute atomic E-state index is 10.9.